The van der Waals surface area contributed by atoms with E-state index in [9.17, 15) is 15.0 Å². The lowest BCUT2D eigenvalue weighted by atomic mass is 9.81. The molecule has 3 heteroatoms. The van der Waals surface area contributed by atoms with Gasteiger partial charge in [0.15, 0.2) is 0 Å². The minimum absolute atomic E-state index is 0.0767. The van der Waals surface area contributed by atoms with Gasteiger partial charge in [0.2, 0.25) is 0 Å². The first kappa shape index (κ1) is 20.4. The Morgan fingerprint density at radius 1 is 0.677 bits per heavy atom. The lowest BCUT2D eigenvalue weighted by Gasteiger charge is -2.23. The van der Waals surface area contributed by atoms with Crippen molar-refractivity contribution < 1.29 is 15.0 Å². The van der Waals surface area contributed by atoms with Crippen LogP contribution in [-0.2, 0) is 0 Å². The molecular formula is C28H24O3. The number of benzene rings is 4. The molecule has 0 radical (unpaired) electrons. The highest BCUT2D eigenvalue weighted by molar-refractivity contribution is 5.92. The zero-order chi connectivity index (χ0) is 21.8. The molecule has 0 saturated heterocycles. The van der Waals surface area contributed by atoms with Gasteiger partial charge in [0.05, 0.1) is 0 Å². The molecule has 0 bridgehead atoms. The Labute approximate surface area is 182 Å². The first-order valence-electron chi connectivity index (χ1n) is 10.3. The van der Waals surface area contributed by atoms with Gasteiger partial charge in [-0.3, -0.25) is 0 Å². The minimum Gasteiger partial charge on any atom is -0.507 e. The molecule has 4 aromatic rings. The Kier molecular flexibility index (Phi) is 5.85. The number of carboxylic acid groups (broad SMARTS) is 1. The van der Waals surface area contributed by atoms with Crippen LogP contribution in [0.15, 0.2) is 103 Å². The van der Waals surface area contributed by atoms with Crippen molar-refractivity contribution >= 4 is 5.97 Å². The second kappa shape index (κ2) is 8.88. The van der Waals surface area contributed by atoms with Gasteiger partial charge in [-0.15, -0.1) is 0 Å². The molecule has 0 fully saturated rings. The van der Waals surface area contributed by atoms with E-state index in [-0.39, 0.29) is 23.1 Å². The zero-order valence-electron chi connectivity index (χ0n) is 17.3. The van der Waals surface area contributed by atoms with E-state index in [2.05, 4.69) is 0 Å². The molecule has 1 unspecified atom stereocenters. The van der Waals surface area contributed by atoms with E-state index in [1.54, 1.807) is 6.07 Å². The molecule has 3 nitrogen and oxygen atoms in total. The molecular weight excluding hydrogens is 384 g/mol. The largest absolute Gasteiger partial charge is 0.507 e. The number of hydrogen-bond donors (Lipinski definition) is 2. The SMILES string of the molecule is CC(c1ccccc1)c1cc(C(c2ccccc2)c2ccccc2)cc(C(=O)O)c1O. The Morgan fingerprint density at radius 2 is 1.13 bits per heavy atom. The highest BCUT2D eigenvalue weighted by atomic mass is 16.4. The van der Waals surface area contributed by atoms with Gasteiger partial charge >= 0.3 is 5.97 Å². The summed E-state index contributed by atoms with van der Waals surface area (Å²) in [6.45, 7) is 1.99. The van der Waals surface area contributed by atoms with Crippen molar-refractivity contribution in [3.8, 4) is 5.75 Å². The number of phenols is 1. The van der Waals surface area contributed by atoms with Crippen molar-refractivity contribution in [2.24, 2.45) is 0 Å². The van der Waals surface area contributed by atoms with Crippen LogP contribution < -0.4 is 0 Å². The van der Waals surface area contributed by atoms with Gasteiger partial charge in [-0.2, -0.15) is 0 Å². The molecule has 0 aliphatic heterocycles. The summed E-state index contributed by atoms with van der Waals surface area (Å²) in [6, 6.07) is 33.4. The molecule has 0 heterocycles. The van der Waals surface area contributed by atoms with Gasteiger partial charge in [-0.25, -0.2) is 4.79 Å². The Morgan fingerprint density at radius 3 is 1.58 bits per heavy atom. The summed E-state index contributed by atoms with van der Waals surface area (Å²) in [4.78, 5) is 12.0. The van der Waals surface area contributed by atoms with Crippen LogP contribution in [0, 0.1) is 0 Å². The van der Waals surface area contributed by atoms with Crippen molar-refractivity contribution in [3.05, 3.63) is 137 Å². The van der Waals surface area contributed by atoms with Gasteiger partial charge in [-0.1, -0.05) is 104 Å². The first-order chi connectivity index (χ1) is 15.1. The average Bonchev–Trinajstić information content (AvgIpc) is 2.81. The van der Waals surface area contributed by atoms with Crippen molar-refractivity contribution in [1.29, 1.82) is 0 Å². The van der Waals surface area contributed by atoms with E-state index < -0.39 is 5.97 Å². The normalized spacial score (nSPS) is 11.9. The van der Waals surface area contributed by atoms with Gasteiger partial charge in [0.1, 0.15) is 11.3 Å². The van der Waals surface area contributed by atoms with Crippen molar-refractivity contribution in [2.45, 2.75) is 18.8 Å². The van der Waals surface area contributed by atoms with Crippen LogP contribution in [-0.4, -0.2) is 16.2 Å². The Hall–Kier alpha value is -3.85. The van der Waals surface area contributed by atoms with E-state index in [0.29, 0.717) is 5.56 Å². The fourth-order valence-corrected chi connectivity index (χ4v) is 4.13. The number of aromatic carboxylic acids is 1. The number of carboxylic acids is 1. The van der Waals surface area contributed by atoms with E-state index in [4.69, 9.17) is 0 Å². The smallest absolute Gasteiger partial charge is 0.339 e. The second-order valence-electron chi connectivity index (χ2n) is 7.70. The van der Waals surface area contributed by atoms with E-state index in [0.717, 1.165) is 22.3 Å². The van der Waals surface area contributed by atoms with E-state index in [1.165, 1.54) is 0 Å². The predicted octanol–water partition coefficient (Wildman–Crippen LogP) is 6.42. The van der Waals surface area contributed by atoms with Crippen LogP contribution in [0.3, 0.4) is 0 Å². The summed E-state index contributed by atoms with van der Waals surface area (Å²) in [7, 11) is 0. The maximum atomic E-state index is 12.0. The number of hydrogen-bond acceptors (Lipinski definition) is 2. The van der Waals surface area contributed by atoms with Crippen LogP contribution in [0.4, 0.5) is 0 Å². The number of carbonyl (C=O) groups is 1. The maximum absolute atomic E-state index is 12.0. The molecule has 4 rings (SSSR count). The Bertz CT molecular complexity index is 1130. The van der Waals surface area contributed by atoms with Crippen LogP contribution in [0.5, 0.6) is 5.75 Å². The standard InChI is InChI=1S/C28H24O3/c1-19(20-11-5-2-6-12-20)24-17-23(18-25(27(24)29)28(30)31)26(21-13-7-3-8-14-21)22-15-9-4-10-16-22/h2-19,26,29H,1H3,(H,30,31). The molecule has 31 heavy (non-hydrogen) atoms. The van der Waals surface area contributed by atoms with Crippen LogP contribution in [0.2, 0.25) is 0 Å². The highest BCUT2D eigenvalue weighted by Gasteiger charge is 2.25. The average molecular weight is 408 g/mol. The first-order valence-corrected chi connectivity index (χ1v) is 10.3. The second-order valence-corrected chi connectivity index (χ2v) is 7.70. The Balaban J connectivity index is 1.94. The molecule has 0 amide bonds. The number of rotatable bonds is 6. The van der Waals surface area contributed by atoms with Crippen LogP contribution in [0.25, 0.3) is 0 Å². The number of aromatic hydroxyl groups is 1. The quantitative estimate of drug-likeness (QED) is 0.362. The lowest BCUT2D eigenvalue weighted by Crippen LogP contribution is -2.09. The summed E-state index contributed by atoms with van der Waals surface area (Å²) in [6.07, 6.45) is 0. The zero-order valence-corrected chi connectivity index (χ0v) is 17.3. The highest BCUT2D eigenvalue weighted by Crippen LogP contribution is 2.40. The van der Waals surface area contributed by atoms with Crippen LogP contribution >= 0.6 is 0 Å². The van der Waals surface area contributed by atoms with Gasteiger partial charge in [0.25, 0.3) is 0 Å². The third-order valence-corrected chi connectivity index (χ3v) is 5.76. The molecule has 4 aromatic carbocycles. The molecule has 0 aromatic heterocycles. The predicted molar refractivity (Wildman–Crippen MR) is 123 cm³/mol. The van der Waals surface area contributed by atoms with Crippen molar-refractivity contribution in [2.75, 3.05) is 0 Å². The fraction of sp³-hybridized carbons (Fsp3) is 0.107. The molecule has 0 aliphatic carbocycles. The molecule has 0 aliphatic rings. The minimum atomic E-state index is -1.14. The monoisotopic (exact) mass is 408 g/mol. The topological polar surface area (TPSA) is 57.5 Å². The molecule has 0 saturated carbocycles. The summed E-state index contributed by atoms with van der Waals surface area (Å²) in [5, 5.41) is 20.7. The van der Waals surface area contributed by atoms with Gasteiger partial charge in [-0.05, 0) is 28.3 Å². The third kappa shape index (κ3) is 4.22. The van der Waals surface area contributed by atoms with E-state index in [1.807, 2.05) is 104 Å². The summed E-state index contributed by atoms with van der Waals surface area (Å²) < 4.78 is 0. The van der Waals surface area contributed by atoms with E-state index >= 15 is 0 Å². The van der Waals surface area contributed by atoms with Crippen LogP contribution in [0.1, 0.15) is 56.9 Å². The maximum Gasteiger partial charge on any atom is 0.339 e. The lowest BCUT2D eigenvalue weighted by molar-refractivity contribution is 0.0693. The van der Waals surface area contributed by atoms with Crippen molar-refractivity contribution in [1.82, 2.24) is 0 Å². The van der Waals surface area contributed by atoms with Crippen molar-refractivity contribution in [3.63, 3.8) is 0 Å². The molecule has 0 spiro atoms. The van der Waals surface area contributed by atoms with Gasteiger partial charge in [0, 0.05) is 17.4 Å². The summed E-state index contributed by atoms with van der Waals surface area (Å²) in [5.41, 5.74) is 4.51. The summed E-state index contributed by atoms with van der Waals surface area (Å²) >= 11 is 0. The molecule has 2 N–H and O–H groups in total. The molecule has 154 valence electrons. The third-order valence-electron chi connectivity index (χ3n) is 5.76. The molecule has 1 atom stereocenters. The van der Waals surface area contributed by atoms with Gasteiger partial charge < -0.3 is 10.2 Å². The summed E-state index contributed by atoms with van der Waals surface area (Å²) in [5.74, 6) is -1.62. The fourth-order valence-electron chi connectivity index (χ4n) is 4.13.